The van der Waals surface area contributed by atoms with Gasteiger partial charge in [-0.15, -0.1) is 0 Å². The summed E-state index contributed by atoms with van der Waals surface area (Å²) >= 11 is 0. The van der Waals surface area contributed by atoms with Gasteiger partial charge in [-0.3, -0.25) is 9.59 Å². The molecule has 0 radical (unpaired) electrons. The first-order chi connectivity index (χ1) is 8.17. The molecule has 0 aromatic heterocycles. The molecule has 0 aromatic rings. The first-order valence-electron chi connectivity index (χ1n) is 6.52. The topological polar surface area (TPSA) is 52.6 Å². The van der Waals surface area contributed by atoms with Crippen LogP contribution in [0.15, 0.2) is 0 Å². The molecule has 0 N–H and O–H groups in total. The molecule has 0 atom stereocenters. The highest BCUT2D eigenvalue weighted by Gasteiger charge is 2.35. The molecule has 0 unspecified atom stereocenters. The fourth-order valence-electron chi connectivity index (χ4n) is 1.48. The average Bonchev–Trinajstić information content (AvgIpc) is 2.27. The molecule has 106 valence electrons. The van der Waals surface area contributed by atoms with E-state index in [0.29, 0.717) is 26.1 Å². The zero-order valence-corrected chi connectivity index (χ0v) is 12.5. The van der Waals surface area contributed by atoms with Gasteiger partial charge in [0.05, 0.1) is 24.0 Å². The molecule has 0 aliphatic rings. The van der Waals surface area contributed by atoms with Crippen molar-refractivity contribution in [3.8, 4) is 0 Å². The first kappa shape index (κ1) is 16.9. The maximum absolute atomic E-state index is 11.7. The van der Waals surface area contributed by atoms with Gasteiger partial charge in [0, 0.05) is 0 Å². The first-order valence-corrected chi connectivity index (χ1v) is 6.52. The van der Waals surface area contributed by atoms with E-state index < -0.39 is 10.8 Å². The van der Waals surface area contributed by atoms with Crippen LogP contribution in [0.25, 0.3) is 0 Å². The summed E-state index contributed by atoms with van der Waals surface area (Å²) in [4.78, 5) is 23.5. The monoisotopic (exact) mass is 258 g/mol. The van der Waals surface area contributed by atoms with Gasteiger partial charge in [-0.25, -0.2) is 0 Å². The number of rotatable bonds is 7. The van der Waals surface area contributed by atoms with Crippen molar-refractivity contribution in [3.63, 3.8) is 0 Å². The van der Waals surface area contributed by atoms with E-state index in [9.17, 15) is 9.59 Å². The molecular formula is C14H26O4. The quantitative estimate of drug-likeness (QED) is 0.659. The molecule has 0 fully saturated rings. The minimum Gasteiger partial charge on any atom is -0.466 e. The molecule has 0 saturated heterocycles. The van der Waals surface area contributed by atoms with Gasteiger partial charge in [-0.1, -0.05) is 0 Å². The average molecular weight is 258 g/mol. The Hall–Kier alpha value is -1.06. The van der Waals surface area contributed by atoms with Crippen molar-refractivity contribution in [2.45, 2.75) is 54.4 Å². The summed E-state index contributed by atoms with van der Waals surface area (Å²) < 4.78 is 10.0. The zero-order chi connectivity index (χ0) is 14.4. The van der Waals surface area contributed by atoms with E-state index in [1.165, 1.54) is 0 Å². The van der Waals surface area contributed by atoms with Crippen molar-refractivity contribution >= 4 is 11.9 Å². The van der Waals surface area contributed by atoms with Crippen molar-refractivity contribution in [1.29, 1.82) is 0 Å². The second-order valence-corrected chi connectivity index (χ2v) is 5.71. The molecular weight excluding hydrogens is 232 g/mol. The standard InChI is InChI=1S/C14H26O4/c1-7-17-11(15)13(3,4)9-10-14(5,6)12(16)18-8-2/h7-10H2,1-6H3. The summed E-state index contributed by atoms with van der Waals surface area (Å²) in [5.41, 5.74) is -1.14. The van der Waals surface area contributed by atoms with Gasteiger partial charge in [0.15, 0.2) is 0 Å². The Labute approximate surface area is 110 Å². The predicted octanol–water partition coefficient (Wildman–Crippen LogP) is 2.95. The van der Waals surface area contributed by atoms with E-state index in [4.69, 9.17) is 9.47 Å². The van der Waals surface area contributed by atoms with E-state index in [0.717, 1.165) is 0 Å². The van der Waals surface area contributed by atoms with Crippen molar-refractivity contribution in [3.05, 3.63) is 0 Å². The predicted molar refractivity (Wildman–Crippen MR) is 70.1 cm³/mol. The number of esters is 2. The van der Waals surface area contributed by atoms with Crippen LogP contribution < -0.4 is 0 Å². The summed E-state index contributed by atoms with van der Waals surface area (Å²) in [7, 11) is 0. The Morgan fingerprint density at radius 3 is 1.28 bits per heavy atom. The maximum Gasteiger partial charge on any atom is 0.311 e. The fourth-order valence-corrected chi connectivity index (χ4v) is 1.48. The molecule has 0 aromatic carbocycles. The minimum atomic E-state index is -0.570. The number of hydrogen-bond donors (Lipinski definition) is 0. The van der Waals surface area contributed by atoms with Crippen LogP contribution in [0.2, 0.25) is 0 Å². The molecule has 4 heteroatoms. The molecule has 18 heavy (non-hydrogen) atoms. The molecule has 0 heterocycles. The Kier molecular flexibility index (Phi) is 6.36. The lowest BCUT2D eigenvalue weighted by Crippen LogP contribution is -2.32. The van der Waals surface area contributed by atoms with E-state index in [1.54, 1.807) is 13.8 Å². The van der Waals surface area contributed by atoms with Crippen molar-refractivity contribution in [2.75, 3.05) is 13.2 Å². The Balaban J connectivity index is 4.46. The van der Waals surface area contributed by atoms with Gasteiger partial charge in [-0.05, 0) is 54.4 Å². The van der Waals surface area contributed by atoms with Crippen molar-refractivity contribution in [2.24, 2.45) is 10.8 Å². The van der Waals surface area contributed by atoms with Crippen LogP contribution in [0.1, 0.15) is 54.4 Å². The van der Waals surface area contributed by atoms with E-state index in [1.807, 2.05) is 27.7 Å². The van der Waals surface area contributed by atoms with Gasteiger partial charge >= 0.3 is 11.9 Å². The van der Waals surface area contributed by atoms with Crippen LogP contribution in [0.5, 0.6) is 0 Å². The summed E-state index contributed by atoms with van der Waals surface area (Å²) in [6, 6.07) is 0. The van der Waals surface area contributed by atoms with Crippen LogP contribution in [-0.2, 0) is 19.1 Å². The van der Waals surface area contributed by atoms with Crippen LogP contribution in [0.4, 0.5) is 0 Å². The number of carbonyl (C=O) groups is 2. The van der Waals surface area contributed by atoms with Crippen LogP contribution in [-0.4, -0.2) is 25.2 Å². The second kappa shape index (κ2) is 6.76. The molecule has 0 rings (SSSR count). The lowest BCUT2D eigenvalue weighted by Gasteiger charge is -2.28. The van der Waals surface area contributed by atoms with Crippen LogP contribution >= 0.6 is 0 Å². The van der Waals surface area contributed by atoms with Crippen molar-refractivity contribution in [1.82, 2.24) is 0 Å². The highest BCUT2D eigenvalue weighted by Crippen LogP contribution is 2.32. The van der Waals surface area contributed by atoms with Crippen LogP contribution in [0, 0.1) is 10.8 Å². The molecule has 0 saturated carbocycles. The maximum atomic E-state index is 11.7. The van der Waals surface area contributed by atoms with Crippen molar-refractivity contribution < 1.29 is 19.1 Å². The number of ether oxygens (including phenoxy) is 2. The lowest BCUT2D eigenvalue weighted by molar-refractivity contribution is -0.158. The third kappa shape index (κ3) is 5.07. The highest BCUT2D eigenvalue weighted by molar-refractivity contribution is 5.77. The summed E-state index contributed by atoms with van der Waals surface area (Å²) in [6.45, 7) is 11.7. The van der Waals surface area contributed by atoms with Gasteiger partial charge in [0.1, 0.15) is 0 Å². The Bertz CT molecular complexity index is 262. The van der Waals surface area contributed by atoms with Gasteiger partial charge in [0.2, 0.25) is 0 Å². The molecule has 0 aliphatic carbocycles. The molecule has 0 aliphatic heterocycles. The summed E-state index contributed by atoms with van der Waals surface area (Å²) in [6.07, 6.45) is 1.19. The number of hydrogen-bond acceptors (Lipinski definition) is 4. The molecule has 0 bridgehead atoms. The lowest BCUT2D eigenvalue weighted by atomic mass is 9.79. The minimum absolute atomic E-state index is 0.218. The summed E-state index contributed by atoms with van der Waals surface area (Å²) in [5, 5.41) is 0. The van der Waals surface area contributed by atoms with E-state index >= 15 is 0 Å². The third-order valence-electron chi connectivity index (χ3n) is 3.03. The third-order valence-corrected chi connectivity index (χ3v) is 3.03. The second-order valence-electron chi connectivity index (χ2n) is 5.71. The summed E-state index contributed by atoms with van der Waals surface area (Å²) in [5.74, 6) is -0.436. The molecule has 4 nitrogen and oxygen atoms in total. The highest BCUT2D eigenvalue weighted by atomic mass is 16.5. The van der Waals surface area contributed by atoms with Gasteiger partial charge < -0.3 is 9.47 Å². The van der Waals surface area contributed by atoms with Gasteiger partial charge in [0.25, 0.3) is 0 Å². The van der Waals surface area contributed by atoms with Gasteiger partial charge in [-0.2, -0.15) is 0 Å². The fraction of sp³-hybridized carbons (Fsp3) is 0.857. The normalized spacial score (nSPS) is 12.1. The smallest absolute Gasteiger partial charge is 0.311 e. The Morgan fingerprint density at radius 2 is 1.06 bits per heavy atom. The van der Waals surface area contributed by atoms with Crippen LogP contribution in [0.3, 0.4) is 0 Å². The SMILES string of the molecule is CCOC(=O)C(C)(C)CCC(C)(C)C(=O)OCC. The molecule has 0 spiro atoms. The zero-order valence-electron chi connectivity index (χ0n) is 12.5. The van der Waals surface area contributed by atoms with E-state index in [-0.39, 0.29) is 11.9 Å². The number of carbonyl (C=O) groups excluding carboxylic acids is 2. The largest absolute Gasteiger partial charge is 0.466 e. The van der Waals surface area contributed by atoms with E-state index in [2.05, 4.69) is 0 Å². The molecule has 0 amide bonds. The Morgan fingerprint density at radius 1 is 0.778 bits per heavy atom.